The van der Waals surface area contributed by atoms with E-state index in [1.54, 1.807) is 0 Å². The molecule has 1 heterocycles. The lowest BCUT2D eigenvalue weighted by molar-refractivity contribution is -0.136. The number of nitrogens with two attached hydrogens (primary N) is 1. The summed E-state index contributed by atoms with van der Waals surface area (Å²) in [5.74, 6) is 0. The molecule has 0 radical (unpaired) electrons. The molecule has 20 heavy (non-hydrogen) atoms. The zero-order valence-corrected chi connectivity index (χ0v) is 11.7. The lowest BCUT2D eigenvalue weighted by Crippen LogP contribution is -2.14. The van der Waals surface area contributed by atoms with E-state index in [9.17, 15) is 13.2 Å². The number of hydrogen-bond donors (Lipinski definition) is 2. The van der Waals surface area contributed by atoms with Gasteiger partial charge in [-0.2, -0.15) is 13.2 Å². The van der Waals surface area contributed by atoms with Gasteiger partial charge in [0.2, 0.25) is 0 Å². The Morgan fingerprint density at radius 2 is 2.05 bits per heavy atom. The second-order valence-corrected chi connectivity index (χ2v) is 5.40. The number of nitrogens with one attached hydrogen (secondary N) is 1. The predicted molar refractivity (Wildman–Crippen MR) is 76.8 cm³/mol. The van der Waals surface area contributed by atoms with Gasteiger partial charge < -0.3 is 11.1 Å². The van der Waals surface area contributed by atoms with Crippen LogP contribution in [0.5, 0.6) is 0 Å². The van der Waals surface area contributed by atoms with Gasteiger partial charge in [-0.05, 0) is 36.1 Å². The van der Waals surface area contributed by atoms with E-state index in [0.717, 1.165) is 10.9 Å². The molecule has 1 aromatic heterocycles. The van der Waals surface area contributed by atoms with E-state index >= 15 is 0 Å². The Bertz CT molecular complexity index is 564. The highest BCUT2D eigenvalue weighted by molar-refractivity contribution is 7.10. The van der Waals surface area contributed by atoms with Crippen LogP contribution in [-0.2, 0) is 6.18 Å². The van der Waals surface area contributed by atoms with Crippen molar-refractivity contribution in [2.45, 2.75) is 25.6 Å². The van der Waals surface area contributed by atoms with Crippen molar-refractivity contribution >= 4 is 22.7 Å². The number of benzene rings is 1. The summed E-state index contributed by atoms with van der Waals surface area (Å²) in [4.78, 5) is 1.01. The first-order valence-electron chi connectivity index (χ1n) is 6.18. The summed E-state index contributed by atoms with van der Waals surface area (Å²) >= 11 is 1.52. The van der Waals surface area contributed by atoms with Gasteiger partial charge >= 0.3 is 6.18 Å². The van der Waals surface area contributed by atoms with Crippen LogP contribution in [0.3, 0.4) is 0 Å². The van der Waals surface area contributed by atoms with Crippen molar-refractivity contribution in [2.75, 3.05) is 11.1 Å². The third-order valence-electron chi connectivity index (χ3n) is 2.97. The zero-order valence-electron chi connectivity index (χ0n) is 10.9. The van der Waals surface area contributed by atoms with E-state index in [1.165, 1.54) is 23.5 Å². The quantitative estimate of drug-likeness (QED) is 0.787. The Morgan fingerprint density at radius 1 is 1.30 bits per heavy atom. The normalized spacial score (nSPS) is 13.2. The van der Waals surface area contributed by atoms with Crippen LogP contribution >= 0.6 is 11.3 Å². The van der Waals surface area contributed by atoms with Crippen LogP contribution in [0, 0.1) is 0 Å². The average molecular weight is 300 g/mol. The molecule has 0 fully saturated rings. The molecule has 1 aromatic carbocycles. The van der Waals surface area contributed by atoms with Crippen LogP contribution in [0.2, 0.25) is 0 Å². The standard InChI is InChI=1S/C14H15F3N2S/c1-2-11(13-4-3-7-20-13)19-12-6-5-9(18)8-10(12)14(15,16)17/h3-8,11,19H,2,18H2,1H3. The summed E-state index contributed by atoms with van der Waals surface area (Å²) in [7, 11) is 0. The number of hydrogen-bond acceptors (Lipinski definition) is 3. The van der Waals surface area contributed by atoms with E-state index in [-0.39, 0.29) is 17.4 Å². The lowest BCUT2D eigenvalue weighted by Gasteiger charge is -2.21. The third-order valence-corrected chi connectivity index (χ3v) is 3.96. The van der Waals surface area contributed by atoms with Crippen LogP contribution in [-0.4, -0.2) is 0 Å². The first-order valence-corrected chi connectivity index (χ1v) is 7.06. The van der Waals surface area contributed by atoms with Crippen LogP contribution in [0.25, 0.3) is 0 Å². The van der Waals surface area contributed by atoms with Crippen molar-refractivity contribution in [2.24, 2.45) is 0 Å². The van der Waals surface area contributed by atoms with Gasteiger partial charge in [0.25, 0.3) is 0 Å². The smallest absolute Gasteiger partial charge is 0.399 e. The molecule has 0 bridgehead atoms. The fourth-order valence-electron chi connectivity index (χ4n) is 1.97. The van der Waals surface area contributed by atoms with Gasteiger partial charge in [-0.15, -0.1) is 11.3 Å². The molecule has 2 aromatic rings. The highest BCUT2D eigenvalue weighted by Crippen LogP contribution is 2.38. The molecule has 0 saturated heterocycles. The number of anilines is 2. The molecule has 0 aliphatic rings. The number of nitrogen functional groups attached to an aromatic ring is 1. The summed E-state index contributed by atoms with van der Waals surface area (Å²) in [6.07, 6.45) is -3.73. The van der Waals surface area contributed by atoms with E-state index in [0.29, 0.717) is 6.42 Å². The highest BCUT2D eigenvalue weighted by Gasteiger charge is 2.34. The number of thiophene rings is 1. The van der Waals surface area contributed by atoms with Crippen LogP contribution < -0.4 is 11.1 Å². The molecule has 0 aliphatic carbocycles. The minimum atomic E-state index is -4.43. The molecular formula is C14H15F3N2S. The maximum atomic E-state index is 13.0. The Kier molecular flexibility index (Phi) is 4.23. The molecule has 1 atom stereocenters. The minimum absolute atomic E-state index is 0.0620. The lowest BCUT2D eigenvalue weighted by atomic mass is 10.1. The minimum Gasteiger partial charge on any atom is -0.399 e. The third kappa shape index (κ3) is 3.25. The summed E-state index contributed by atoms with van der Waals surface area (Å²) in [6, 6.07) is 7.48. The van der Waals surface area contributed by atoms with Gasteiger partial charge in [-0.1, -0.05) is 13.0 Å². The van der Waals surface area contributed by atoms with Gasteiger partial charge in [-0.3, -0.25) is 0 Å². The molecule has 108 valence electrons. The predicted octanol–water partition coefficient (Wildman–Crippen LogP) is 4.91. The van der Waals surface area contributed by atoms with Crippen LogP contribution in [0.15, 0.2) is 35.7 Å². The van der Waals surface area contributed by atoms with E-state index in [1.807, 2.05) is 24.4 Å². The second kappa shape index (κ2) is 5.75. The molecule has 2 nitrogen and oxygen atoms in total. The van der Waals surface area contributed by atoms with Crippen molar-refractivity contribution in [3.8, 4) is 0 Å². The Hall–Kier alpha value is -1.69. The van der Waals surface area contributed by atoms with Gasteiger partial charge in [0, 0.05) is 16.3 Å². The number of rotatable bonds is 4. The molecular weight excluding hydrogens is 285 g/mol. The number of alkyl halides is 3. The maximum absolute atomic E-state index is 13.0. The second-order valence-electron chi connectivity index (χ2n) is 4.42. The molecule has 0 amide bonds. The van der Waals surface area contributed by atoms with Gasteiger partial charge in [0.1, 0.15) is 0 Å². The summed E-state index contributed by atoms with van der Waals surface area (Å²) < 4.78 is 39.1. The fourth-order valence-corrected chi connectivity index (χ4v) is 2.84. The Labute approximate surface area is 119 Å². The number of halogens is 3. The molecule has 6 heteroatoms. The topological polar surface area (TPSA) is 38.0 Å². The van der Waals surface area contributed by atoms with Gasteiger partial charge in [0.05, 0.1) is 11.6 Å². The largest absolute Gasteiger partial charge is 0.418 e. The molecule has 0 aliphatic heterocycles. The SMILES string of the molecule is CCC(Nc1ccc(N)cc1C(F)(F)F)c1cccs1. The van der Waals surface area contributed by atoms with Crippen molar-refractivity contribution in [1.29, 1.82) is 0 Å². The summed E-state index contributed by atoms with van der Waals surface area (Å²) in [5, 5.41) is 4.88. The van der Waals surface area contributed by atoms with Crippen molar-refractivity contribution in [3.63, 3.8) is 0 Å². The van der Waals surface area contributed by atoms with Gasteiger partial charge in [0.15, 0.2) is 0 Å². The van der Waals surface area contributed by atoms with Crippen molar-refractivity contribution < 1.29 is 13.2 Å². The first kappa shape index (κ1) is 14.7. The Balaban J connectivity index is 2.33. The molecule has 3 N–H and O–H groups in total. The Morgan fingerprint density at radius 3 is 2.60 bits per heavy atom. The maximum Gasteiger partial charge on any atom is 0.418 e. The van der Waals surface area contributed by atoms with E-state index < -0.39 is 11.7 Å². The highest BCUT2D eigenvalue weighted by atomic mass is 32.1. The first-order chi connectivity index (χ1) is 9.41. The molecule has 0 spiro atoms. The van der Waals surface area contributed by atoms with E-state index in [2.05, 4.69) is 5.32 Å². The van der Waals surface area contributed by atoms with Gasteiger partial charge in [-0.25, -0.2) is 0 Å². The average Bonchev–Trinajstić information content (AvgIpc) is 2.90. The zero-order chi connectivity index (χ0) is 14.8. The van der Waals surface area contributed by atoms with Crippen molar-refractivity contribution in [1.82, 2.24) is 0 Å². The summed E-state index contributed by atoms with van der Waals surface area (Å²) in [6.45, 7) is 1.93. The van der Waals surface area contributed by atoms with Crippen LogP contribution in [0.4, 0.5) is 24.5 Å². The molecule has 2 rings (SSSR count). The molecule has 1 unspecified atom stereocenters. The van der Waals surface area contributed by atoms with Crippen LogP contribution in [0.1, 0.15) is 29.8 Å². The van der Waals surface area contributed by atoms with E-state index in [4.69, 9.17) is 5.73 Å². The summed E-state index contributed by atoms with van der Waals surface area (Å²) in [5.41, 5.74) is 4.89. The monoisotopic (exact) mass is 300 g/mol. The molecule has 0 saturated carbocycles. The fraction of sp³-hybridized carbons (Fsp3) is 0.286. The van der Waals surface area contributed by atoms with Crippen molar-refractivity contribution in [3.05, 3.63) is 46.2 Å².